The van der Waals surface area contributed by atoms with Crippen molar-refractivity contribution in [3.63, 3.8) is 0 Å². The number of benzene rings is 1. The zero-order chi connectivity index (χ0) is 25.9. The Bertz CT molecular complexity index is 1590. The highest BCUT2D eigenvalue weighted by molar-refractivity contribution is 7.19. The maximum Gasteiger partial charge on any atom is 0.260 e. The minimum Gasteiger partial charge on any atom is -0.331 e. The van der Waals surface area contributed by atoms with E-state index in [-0.39, 0.29) is 23.9 Å². The van der Waals surface area contributed by atoms with Crippen molar-refractivity contribution >= 4 is 38.8 Å². The molecular formula is C29H28N4O2S2. The number of aromatic amines is 1. The Kier molecular flexibility index (Phi) is 7.30. The second-order valence-corrected chi connectivity index (χ2v) is 11.0. The number of nitrogens with one attached hydrogen (secondary N) is 1. The molecule has 5 aromatic rings. The van der Waals surface area contributed by atoms with E-state index in [0.29, 0.717) is 22.6 Å². The number of likely N-dealkylation sites (N-methyl/N-ethyl adjacent to an activating group) is 1. The van der Waals surface area contributed by atoms with E-state index < -0.39 is 0 Å². The summed E-state index contributed by atoms with van der Waals surface area (Å²) in [4.78, 5) is 43.4. The first-order valence-electron chi connectivity index (χ1n) is 12.3. The molecule has 1 unspecified atom stereocenters. The number of hydrogen-bond acceptors (Lipinski definition) is 6. The van der Waals surface area contributed by atoms with Crippen molar-refractivity contribution in [2.75, 3.05) is 6.54 Å². The van der Waals surface area contributed by atoms with Gasteiger partial charge in [0.25, 0.3) is 5.56 Å². The van der Waals surface area contributed by atoms with Crippen LogP contribution in [-0.4, -0.2) is 32.3 Å². The third-order valence-corrected chi connectivity index (χ3v) is 8.40. The third-order valence-electron chi connectivity index (χ3n) is 6.49. The Hall–Kier alpha value is -3.62. The number of aromatic nitrogens is 3. The van der Waals surface area contributed by atoms with Crippen molar-refractivity contribution in [1.82, 2.24) is 19.9 Å². The Balaban J connectivity index is 1.47. The molecule has 8 heteroatoms. The van der Waals surface area contributed by atoms with Gasteiger partial charge in [-0.25, -0.2) is 4.98 Å². The predicted octanol–water partition coefficient (Wildman–Crippen LogP) is 6.16. The van der Waals surface area contributed by atoms with Crippen LogP contribution < -0.4 is 5.56 Å². The zero-order valence-corrected chi connectivity index (χ0v) is 22.7. The number of thiophene rings is 2. The fourth-order valence-electron chi connectivity index (χ4n) is 4.61. The summed E-state index contributed by atoms with van der Waals surface area (Å²) in [6.07, 6.45) is 4.50. The summed E-state index contributed by atoms with van der Waals surface area (Å²) < 4.78 is 0. The summed E-state index contributed by atoms with van der Waals surface area (Å²) in [7, 11) is 0. The second-order valence-electron chi connectivity index (χ2n) is 8.89. The van der Waals surface area contributed by atoms with E-state index in [1.54, 1.807) is 23.7 Å². The molecule has 6 nitrogen and oxygen atoms in total. The molecule has 4 aromatic heterocycles. The number of aryl methyl sites for hydroxylation is 2. The average Bonchev–Trinajstić information content (AvgIpc) is 3.54. The van der Waals surface area contributed by atoms with Crippen LogP contribution in [0.3, 0.4) is 0 Å². The number of rotatable bonds is 8. The van der Waals surface area contributed by atoms with Crippen molar-refractivity contribution in [1.29, 1.82) is 0 Å². The highest BCUT2D eigenvalue weighted by atomic mass is 32.1. The Morgan fingerprint density at radius 3 is 2.54 bits per heavy atom. The SMILES string of the molecule is CCc1ccc(C(c2cccnc2)N(CC)C(=O)Cc2nc3scc(-c4ccc(C)s4)c3c(=O)[nH]2)cc1. The normalized spacial score (nSPS) is 12.1. The maximum atomic E-state index is 13.7. The summed E-state index contributed by atoms with van der Waals surface area (Å²) in [6, 6.07) is 16.0. The molecule has 5 rings (SSSR count). The van der Waals surface area contributed by atoms with Crippen molar-refractivity contribution in [2.45, 2.75) is 39.7 Å². The minimum atomic E-state index is -0.289. The molecule has 0 aliphatic carbocycles. The van der Waals surface area contributed by atoms with Gasteiger partial charge in [0.1, 0.15) is 10.7 Å². The number of nitrogens with zero attached hydrogens (tertiary/aromatic N) is 3. The van der Waals surface area contributed by atoms with Gasteiger partial charge >= 0.3 is 0 Å². The molecule has 1 atom stereocenters. The molecule has 0 aliphatic rings. The fourth-order valence-corrected chi connectivity index (χ4v) is 6.53. The lowest BCUT2D eigenvalue weighted by Crippen LogP contribution is -2.37. The standard InChI is InChI=1S/C29H28N4O2S2/c1-4-19-9-11-20(12-10-19)27(21-7-6-14-30-16-21)33(5-2)25(34)15-24-31-28(35)26-22(17-36-29(26)32-24)23-13-8-18(3)37-23/h6-14,16-17,27H,4-5,15H2,1-3H3,(H,31,32,35). The molecule has 0 radical (unpaired) electrons. The van der Waals surface area contributed by atoms with Crippen LogP contribution in [0.5, 0.6) is 0 Å². The van der Waals surface area contributed by atoms with Crippen molar-refractivity contribution in [3.8, 4) is 10.4 Å². The van der Waals surface area contributed by atoms with E-state index in [9.17, 15) is 9.59 Å². The van der Waals surface area contributed by atoms with Crippen molar-refractivity contribution in [3.05, 3.63) is 104 Å². The van der Waals surface area contributed by atoms with Gasteiger partial charge in [-0.15, -0.1) is 22.7 Å². The van der Waals surface area contributed by atoms with Gasteiger partial charge in [-0.3, -0.25) is 14.6 Å². The molecule has 188 valence electrons. The van der Waals surface area contributed by atoms with E-state index in [2.05, 4.69) is 46.1 Å². The van der Waals surface area contributed by atoms with Crippen LogP contribution in [0.25, 0.3) is 20.7 Å². The van der Waals surface area contributed by atoms with Crippen molar-refractivity contribution < 1.29 is 4.79 Å². The van der Waals surface area contributed by atoms with Gasteiger partial charge in [0, 0.05) is 39.6 Å². The molecule has 0 saturated heterocycles. The van der Waals surface area contributed by atoms with Gasteiger partial charge in [0.05, 0.1) is 17.8 Å². The first-order valence-corrected chi connectivity index (χ1v) is 14.0. The zero-order valence-electron chi connectivity index (χ0n) is 21.0. The predicted molar refractivity (Wildman–Crippen MR) is 151 cm³/mol. The van der Waals surface area contributed by atoms with Gasteiger partial charge in [-0.05, 0) is 55.2 Å². The summed E-state index contributed by atoms with van der Waals surface area (Å²) in [5, 5.41) is 2.56. The molecule has 0 fully saturated rings. The lowest BCUT2D eigenvalue weighted by atomic mass is 9.96. The smallest absolute Gasteiger partial charge is 0.260 e. The van der Waals surface area contributed by atoms with E-state index >= 15 is 0 Å². The van der Waals surface area contributed by atoms with Gasteiger partial charge in [-0.1, -0.05) is 37.3 Å². The molecule has 37 heavy (non-hydrogen) atoms. The molecule has 0 saturated carbocycles. The van der Waals surface area contributed by atoms with Crippen LogP contribution in [0.4, 0.5) is 0 Å². The number of carbonyl (C=O) groups excluding carboxylic acids is 1. The largest absolute Gasteiger partial charge is 0.331 e. The van der Waals surface area contributed by atoms with Crippen LogP contribution in [0.1, 0.15) is 47.3 Å². The Morgan fingerprint density at radius 1 is 1.08 bits per heavy atom. The summed E-state index contributed by atoms with van der Waals surface area (Å²) in [5.41, 5.74) is 3.88. The lowest BCUT2D eigenvalue weighted by molar-refractivity contribution is -0.132. The summed E-state index contributed by atoms with van der Waals surface area (Å²) in [5.74, 6) is 0.270. The molecule has 0 bridgehead atoms. The second kappa shape index (κ2) is 10.8. The van der Waals surface area contributed by atoms with Gasteiger partial charge in [0.15, 0.2) is 0 Å². The number of amides is 1. The Morgan fingerprint density at radius 2 is 1.89 bits per heavy atom. The number of fused-ring (bicyclic) bond motifs is 1. The molecular weight excluding hydrogens is 500 g/mol. The summed E-state index contributed by atoms with van der Waals surface area (Å²) in [6.45, 7) is 6.64. The molecule has 1 aromatic carbocycles. The number of carbonyl (C=O) groups is 1. The first kappa shape index (κ1) is 25.0. The molecule has 0 spiro atoms. The molecule has 1 N–H and O–H groups in total. The molecule has 0 aliphatic heterocycles. The minimum absolute atomic E-state index is 0.00810. The van der Waals surface area contributed by atoms with E-state index in [0.717, 1.165) is 28.0 Å². The van der Waals surface area contributed by atoms with Crippen LogP contribution in [0.2, 0.25) is 0 Å². The average molecular weight is 529 g/mol. The van der Waals surface area contributed by atoms with Crippen LogP contribution >= 0.6 is 22.7 Å². The van der Waals surface area contributed by atoms with Crippen LogP contribution in [0.15, 0.2) is 71.1 Å². The topological polar surface area (TPSA) is 79.0 Å². The van der Waals surface area contributed by atoms with Crippen LogP contribution in [0, 0.1) is 6.92 Å². The van der Waals surface area contributed by atoms with E-state index in [4.69, 9.17) is 0 Å². The van der Waals surface area contributed by atoms with Crippen molar-refractivity contribution in [2.24, 2.45) is 0 Å². The molecule has 4 heterocycles. The fraction of sp³-hybridized carbons (Fsp3) is 0.241. The van der Waals surface area contributed by atoms with E-state index in [1.807, 2.05) is 48.4 Å². The summed E-state index contributed by atoms with van der Waals surface area (Å²) >= 11 is 3.09. The van der Waals surface area contributed by atoms with Gasteiger partial charge in [0.2, 0.25) is 5.91 Å². The lowest BCUT2D eigenvalue weighted by Gasteiger charge is -2.31. The Labute approximate surface area is 223 Å². The molecule has 1 amide bonds. The van der Waals surface area contributed by atoms with Gasteiger partial charge in [-0.2, -0.15) is 0 Å². The monoisotopic (exact) mass is 528 g/mol. The van der Waals surface area contributed by atoms with Gasteiger partial charge < -0.3 is 9.88 Å². The first-order chi connectivity index (χ1) is 18.0. The highest BCUT2D eigenvalue weighted by Crippen LogP contribution is 2.35. The quantitative estimate of drug-likeness (QED) is 0.262. The van der Waals surface area contributed by atoms with Crippen LogP contribution in [-0.2, 0) is 17.6 Å². The number of pyridine rings is 1. The highest BCUT2D eigenvalue weighted by Gasteiger charge is 2.27. The number of hydrogen-bond donors (Lipinski definition) is 1. The number of H-pyrrole nitrogens is 1. The van der Waals surface area contributed by atoms with E-state index in [1.165, 1.54) is 21.8 Å². The maximum absolute atomic E-state index is 13.7. The third kappa shape index (κ3) is 5.12.